The van der Waals surface area contributed by atoms with Crippen molar-refractivity contribution >= 4 is 10.8 Å². The first-order chi connectivity index (χ1) is 9.20. The summed E-state index contributed by atoms with van der Waals surface area (Å²) in [4.78, 5) is 4.46. The fourth-order valence-corrected chi connectivity index (χ4v) is 2.37. The Kier molecular flexibility index (Phi) is 2.80. The molecule has 0 aliphatic carbocycles. The molecule has 0 saturated heterocycles. The minimum Gasteiger partial charge on any atom is -0.392 e. The van der Waals surface area contributed by atoms with E-state index in [0.29, 0.717) is 0 Å². The number of aromatic nitrogens is 3. The number of hydrogen-bond donors (Lipinski definition) is 1. The summed E-state index contributed by atoms with van der Waals surface area (Å²) >= 11 is 0. The van der Waals surface area contributed by atoms with Crippen LogP contribution in [0.4, 0.5) is 0 Å². The van der Waals surface area contributed by atoms with Crippen LogP contribution in [0.2, 0.25) is 0 Å². The van der Waals surface area contributed by atoms with Gasteiger partial charge in [0.05, 0.1) is 12.3 Å². The van der Waals surface area contributed by atoms with Gasteiger partial charge in [-0.3, -0.25) is 0 Å². The lowest BCUT2D eigenvalue weighted by atomic mass is 10.1. The molecule has 0 unspecified atom stereocenters. The minimum atomic E-state index is -0.00902. The topological polar surface area (TPSA) is 50.9 Å². The largest absolute Gasteiger partial charge is 0.392 e. The van der Waals surface area contributed by atoms with Crippen LogP contribution in [-0.2, 0) is 6.61 Å². The van der Waals surface area contributed by atoms with Crippen molar-refractivity contribution in [2.45, 2.75) is 20.5 Å². The number of rotatable bonds is 2. The Labute approximate surface area is 111 Å². The van der Waals surface area contributed by atoms with E-state index in [-0.39, 0.29) is 6.61 Å². The molecule has 4 heteroatoms. The normalized spacial score (nSPS) is 11.1. The van der Waals surface area contributed by atoms with Crippen molar-refractivity contribution in [3.8, 4) is 5.82 Å². The van der Waals surface area contributed by atoms with Gasteiger partial charge < -0.3 is 5.11 Å². The minimum absolute atomic E-state index is 0.00902. The number of fused-ring (bicyclic) bond motifs is 1. The highest BCUT2D eigenvalue weighted by Gasteiger charge is 2.11. The molecule has 0 spiro atoms. The second-order valence-electron chi connectivity index (χ2n) is 4.65. The second kappa shape index (κ2) is 4.48. The van der Waals surface area contributed by atoms with Gasteiger partial charge in [-0.1, -0.05) is 24.3 Å². The molecule has 1 N–H and O–H groups in total. The summed E-state index contributed by atoms with van der Waals surface area (Å²) in [6, 6.07) is 9.97. The summed E-state index contributed by atoms with van der Waals surface area (Å²) in [5.41, 5.74) is 2.85. The van der Waals surface area contributed by atoms with E-state index in [9.17, 15) is 5.11 Å². The molecule has 0 radical (unpaired) electrons. The number of pyridine rings is 1. The number of hydrogen-bond acceptors (Lipinski definition) is 3. The van der Waals surface area contributed by atoms with Crippen molar-refractivity contribution < 1.29 is 5.11 Å². The van der Waals surface area contributed by atoms with Gasteiger partial charge in [-0.2, -0.15) is 5.10 Å². The molecule has 0 amide bonds. The van der Waals surface area contributed by atoms with Crippen molar-refractivity contribution in [3.63, 3.8) is 0 Å². The zero-order valence-corrected chi connectivity index (χ0v) is 11.0. The first-order valence-electron chi connectivity index (χ1n) is 6.22. The lowest BCUT2D eigenvalue weighted by Gasteiger charge is -2.10. The van der Waals surface area contributed by atoms with Crippen LogP contribution >= 0.6 is 0 Å². The van der Waals surface area contributed by atoms with Crippen LogP contribution in [0, 0.1) is 13.8 Å². The van der Waals surface area contributed by atoms with E-state index >= 15 is 0 Å². The third-order valence-electron chi connectivity index (χ3n) is 3.24. The predicted molar refractivity (Wildman–Crippen MR) is 74.3 cm³/mol. The smallest absolute Gasteiger partial charge is 0.161 e. The average Bonchev–Trinajstić information content (AvgIpc) is 2.76. The number of aliphatic hydroxyl groups excluding tert-OH is 1. The van der Waals surface area contributed by atoms with E-state index in [0.717, 1.165) is 33.5 Å². The number of nitrogens with zero attached hydrogens (tertiary/aromatic N) is 3. The quantitative estimate of drug-likeness (QED) is 0.763. The molecule has 0 atom stereocenters. The molecule has 0 fully saturated rings. The highest BCUT2D eigenvalue weighted by molar-refractivity contribution is 5.90. The summed E-state index contributed by atoms with van der Waals surface area (Å²) in [5, 5.41) is 15.9. The van der Waals surface area contributed by atoms with E-state index in [1.54, 1.807) is 6.20 Å². The van der Waals surface area contributed by atoms with Crippen LogP contribution in [0.3, 0.4) is 0 Å². The van der Waals surface area contributed by atoms with Gasteiger partial charge in [0.2, 0.25) is 0 Å². The predicted octanol–water partition coefficient (Wildman–Crippen LogP) is 2.53. The van der Waals surface area contributed by atoms with Crippen molar-refractivity contribution in [2.75, 3.05) is 0 Å². The molecule has 1 aromatic carbocycles. The van der Waals surface area contributed by atoms with E-state index in [1.165, 1.54) is 0 Å². The van der Waals surface area contributed by atoms with Crippen LogP contribution in [0.1, 0.15) is 17.0 Å². The maximum atomic E-state index is 9.39. The molecule has 2 aromatic heterocycles. The third kappa shape index (κ3) is 1.90. The lowest BCUT2D eigenvalue weighted by Crippen LogP contribution is -2.04. The Morgan fingerprint density at radius 3 is 2.53 bits per heavy atom. The van der Waals surface area contributed by atoms with Gasteiger partial charge in [-0.25, -0.2) is 9.67 Å². The molecule has 4 nitrogen and oxygen atoms in total. The maximum absolute atomic E-state index is 9.39. The molecule has 0 saturated carbocycles. The summed E-state index contributed by atoms with van der Waals surface area (Å²) in [5.74, 6) is 0.804. The molecule has 3 aromatic rings. The summed E-state index contributed by atoms with van der Waals surface area (Å²) in [6.07, 6.45) is 1.72. The van der Waals surface area contributed by atoms with Gasteiger partial charge in [0, 0.05) is 22.8 Å². The molecule has 0 aliphatic heterocycles. The molecular formula is C15H15N3O. The number of aryl methyl sites for hydroxylation is 2. The summed E-state index contributed by atoms with van der Waals surface area (Å²) < 4.78 is 1.85. The number of benzene rings is 1. The Hall–Kier alpha value is -2.20. The molecule has 2 heterocycles. The first kappa shape index (κ1) is 11.9. The van der Waals surface area contributed by atoms with E-state index in [4.69, 9.17) is 0 Å². The molecule has 0 aliphatic rings. The fraction of sp³-hybridized carbons (Fsp3) is 0.200. The van der Waals surface area contributed by atoms with Crippen LogP contribution in [0.25, 0.3) is 16.6 Å². The van der Waals surface area contributed by atoms with Gasteiger partial charge in [-0.15, -0.1) is 0 Å². The van der Waals surface area contributed by atoms with Crippen LogP contribution in [-0.4, -0.2) is 19.9 Å². The van der Waals surface area contributed by atoms with Crippen molar-refractivity contribution in [1.29, 1.82) is 0 Å². The lowest BCUT2D eigenvalue weighted by molar-refractivity contribution is 0.283. The Balaban J connectivity index is 2.34. The summed E-state index contributed by atoms with van der Waals surface area (Å²) in [6.45, 7) is 3.97. The van der Waals surface area contributed by atoms with Crippen molar-refractivity contribution in [2.24, 2.45) is 0 Å². The second-order valence-corrected chi connectivity index (χ2v) is 4.65. The van der Waals surface area contributed by atoms with Gasteiger partial charge in [0.25, 0.3) is 0 Å². The molecule has 96 valence electrons. The highest BCUT2D eigenvalue weighted by atomic mass is 16.3. The van der Waals surface area contributed by atoms with E-state index in [1.807, 2.05) is 48.9 Å². The molecule has 19 heavy (non-hydrogen) atoms. The zero-order valence-electron chi connectivity index (χ0n) is 11.0. The van der Waals surface area contributed by atoms with Gasteiger partial charge in [0.15, 0.2) is 5.82 Å². The van der Waals surface area contributed by atoms with E-state index < -0.39 is 0 Å². The average molecular weight is 253 g/mol. The Morgan fingerprint density at radius 1 is 1.16 bits per heavy atom. The molecular weight excluding hydrogens is 238 g/mol. The first-order valence-corrected chi connectivity index (χ1v) is 6.22. The Morgan fingerprint density at radius 2 is 1.89 bits per heavy atom. The monoisotopic (exact) mass is 253 g/mol. The van der Waals surface area contributed by atoms with Gasteiger partial charge in [0.1, 0.15) is 0 Å². The third-order valence-corrected chi connectivity index (χ3v) is 3.24. The number of aliphatic hydroxyl groups is 1. The maximum Gasteiger partial charge on any atom is 0.161 e. The highest BCUT2D eigenvalue weighted by Crippen LogP contribution is 2.24. The van der Waals surface area contributed by atoms with Gasteiger partial charge in [-0.05, 0) is 25.3 Å². The van der Waals surface area contributed by atoms with E-state index in [2.05, 4.69) is 10.1 Å². The van der Waals surface area contributed by atoms with Crippen LogP contribution in [0.15, 0.2) is 36.5 Å². The van der Waals surface area contributed by atoms with Crippen molar-refractivity contribution in [3.05, 3.63) is 53.5 Å². The SMILES string of the molecule is Cc1cc(C)n(-c2ncc(CO)c3ccccc23)n1. The molecule has 0 bridgehead atoms. The van der Waals surface area contributed by atoms with Crippen LogP contribution < -0.4 is 0 Å². The van der Waals surface area contributed by atoms with Crippen LogP contribution in [0.5, 0.6) is 0 Å². The van der Waals surface area contributed by atoms with Gasteiger partial charge >= 0.3 is 0 Å². The standard InChI is InChI=1S/C15H15N3O/c1-10-7-11(2)18(17-10)15-14-6-4-3-5-13(14)12(9-19)8-16-15/h3-8,19H,9H2,1-2H3. The fourth-order valence-electron chi connectivity index (χ4n) is 2.37. The van der Waals surface area contributed by atoms with Crippen molar-refractivity contribution in [1.82, 2.24) is 14.8 Å². The molecule has 3 rings (SSSR count). The summed E-state index contributed by atoms with van der Waals surface area (Å²) in [7, 11) is 0. The zero-order chi connectivity index (χ0) is 13.4. The Bertz CT molecular complexity index is 746.